The molecule has 0 aliphatic heterocycles. The molecule has 72 valence electrons. The first-order chi connectivity index (χ1) is 6.24. The van der Waals surface area contributed by atoms with Crippen molar-refractivity contribution in [1.82, 2.24) is 10.2 Å². The van der Waals surface area contributed by atoms with E-state index in [0.717, 1.165) is 28.4 Å². The monoisotopic (exact) mass is 263 g/mol. The van der Waals surface area contributed by atoms with Gasteiger partial charge in [-0.05, 0) is 28.8 Å². The first-order valence-corrected chi connectivity index (χ1v) is 5.69. The first-order valence-electron chi connectivity index (χ1n) is 4.08. The lowest BCUT2D eigenvalue weighted by atomic mass is 10.1. The van der Waals surface area contributed by atoms with Crippen LogP contribution in [0.3, 0.4) is 0 Å². The molecule has 1 aliphatic carbocycles. The zero-order valence-electron chi connectivity index (χ0n) is 6.96. The van der Waals surface area contributed by atoms with Crippen LogP contribution in [0.5, 0.6) is 0 Å². The number of anilines is 1. The lowest BCUT2D eigenvalue weighted by Gasteiger charge is -2.10. The Hall–Kier alpha value is -0.200. The Morgan fingerprint density at radius 1 is 1.54 bits per heavy atom. The Morgan fingerprint density at radius 2 is 2.31 bits per heavy atom. The Morgan fingerprint density at radius 3 is 2.77 bits per heavy atom. The highest BCUT2D eigenvalue weighted by molar-refractivity contribution is 9.11. The van der Waals surface area contributed by atoms with Crippen molar-refractivity contribution >= 4 is 32.4 Å². The number of nitrogens with zero attached hydrogens (tertiary/aromatic N) is 2. The van der Waals surface area contributed by atoms with Crippen LogP contribution in [0.25, 0.3) is 0 Å². The molecule has 1 fully saturated rings. The third-order valence-electron chi connectivity index (χ3n) is 2.31. The van der Waals surface area contributed by atoms with Gasteiger partial charge in [0.25, 0.3) is 0 Å². The maximum atomic E-state index is 9.06. The van der Waals surface area contributed by atoms with Crippen molar-refractivity contribution < 1.29 is 5.11 Å². The molecule has 0 atom stereocenters. The van der Waals surface area contributed by atoms with E-state index in [1.165, 1.54) is 11.3 Å². The van der Waals surface area contributed by atoms with Crippen molar-refractivity contribution in [2.45, 2.75) is 12.8 Å². The van der Waals surface area contributed by atoms with Crippen molar-refractivity contribution in [3.05, 3.63) is 3.92 Å². The Labute approximate surface area is 88.5 Å². The molecule has 2 rings (SSSR count). The number of aliphatic hydroxyl groups is 1. The number of halogens is 1. The van der Waals surface area contributed by atoms with E-state index >= 15 is 0 Å². The second-order valence-electron chi connectivity index (χ2n) is 3.37. The summed E-state index contributed by atoms with van der Waals surface area (Å²) in [6, 6.07) is 0. The highest BCUT2D eigenvalue weighted by Crippen LogP contribution is 2.45. The van der Waals surface area contributed by atoms with Gasteiger partial charge in [-0.1, -0.05) is 11.3 Å². The van der Waals surface area contributed by atoms with Crippen molar-refractivity contribution in [2.24, 2.45) is 5.41 Å². The first kappa shape index (κ1) is 9.36. The molecule has 1 aromatic heterocycles. The van der Waals surface area contributed by atoms with Crippen molar-refractivity contribution in [3.63, 3.8) is 0 Å². The molecule has 0 spiro atoms. The van der Waals surface area contributed by atoms with Crippen LogP contribution in [0.15, 0.2) is 3.92 Å². The Bertz CT molecular complexity index is 300. The predicted molar refractivity (Wildman–Crippen MR) is 54.9 cm³/mol. The molecule has 0 bridgehead atoms. The third kappa shape index (κ3) is 2.18. The average molecular weight is 264 g/mol. The third-order valence-corrected chi connectivity index (χ3v) is 3.62. The van der Waals surface area contributed by atoms with Gasteiger partial charge in [-0.25, -0.2) is 0 Å². The van der Waals surface area contributed by atoms with Crippen LogP contribution in [0.1, 0.15) is 12.8 Å². The summed E-state index contributed by atoms with van der Waals surface area (Å²) >= 11 is 4.71. The fourth-order valence-corrected chi connectivity index (χ4v) is 2.11. The molecule has 1 aromatic rings. The van der Waals surface area contributed by atoms with Gasteiger partial charge in [0.1, 0.15) is 0 Å². The molecule has 0 saturated heterocycles. The van der Waals surface area contributed by atoms with Crippen molar-refractivity contribution in [3.8, 4) is 0 Å². The molecule has 1 heterocycles. The lowest BCUT2D eigenvalue weighted by Crippen LogP contribution is -2.18. The van der Waals surface area contributed by atoms with Gasteiger partial charge in [-0.2, -0.15) is 0 Å². The van der Waals surface area contributed by atoms with Gasteiger partial charge in [-0.15, -0.1) is 10.2 Å². The smallest absolute Gasteiger partial charge is 0.206 e. The fourth-order valence-electron chi connectivity index (χ4n) is 1.11. The summed E-state index contributed by atoms with van der Waals surface area (Å²) in [5, 5.41) is 20.8. The zero-order chi connectivity index (χ0) is 9.31. The Balaban J connectivity index is 1.86. The summed E-state index contributed by atoms with van der Waals surface area (Å²) in [6.07, 6.45) is 2.22. The number of aliphatic hydroxyl groups excluding tert-OH is 1. The molecule has 0 amide bonds. The van der Waals surface area contributed by atoms with Crippen LogP contribution < -0.4 is 5.32 Å². The quantitative estimate of drug-likeness (QED) is 0.865. The molecule has 6 heteroatoms. The molecule has 13 heavy (non-hydrogen) atoms. The summed E-state index contributed by atoms with van der Waals surface area (Å²) in [6.45, 7) is 1.06. The summed E-state index contributed by atoms with van der Waals surface area (Å²) < 4.78 is 0.781. The highest BCUT2D eigenvalue weighted by atomic mass is 79.9. The van der Waals surface area contributed by atoms with Crippen molar-refractivity contribution in [1.29, 1.82) is 0 Å². The van der Waals surface area contributed by atoms with Crippen LogP contribution in [0.2, 0.25) is 0 Å². The number of rotatable bonds is 4. The van der Waals surface area contributed by atoms with Crippen molar-refractivity contribution in [2.75, 3.05) is 18.5 Å². The highest BCUT2D eigenvalue weighted by Gasteiger charge is 2.41. The van der Waals surface area contributed by atoms with E-state index in [-0.39, 0.29) is 12.0 Å². The van der Waals surface area contributed by atoms with E-state index in [1.54, 1.807) is 0 Å². The van der Waals surface area contributed by atoms with E-state index in [4.69, 9.17) is 5.11 Å². The molecule has 0 aromatic carbocycles. The summed E-state index contributed by atoms with van der Waals surface area (Å²) in [5.41, 5.74) is 0.123. The minimum atomic E-state index is 0.123. The van der Waals surface area contributed by atoms with E-state index < -0.39 is 0 Å². The lowest BCUT2D eigenvalue weighted by molar-refractivity contribution is 0.220. The van der Waals surface area contributed by atoms with Gasteiger partial charge in [0, 0.05) is 12.0 Å². The standard InChI is InChI=1S/C7H10BrN3OS/c8-5-10-11-6(13-5)9-3-7(4-12)1-2-7/h12H,1-4H2,(H,9,11). The number of nitrogens with one attached hydrogen (secondary N) is 1. The van der Waals surface area contributed by atoms with E-state index in [2.05, 4.69) is 31.4 Å². The van der Waals surface area contributed by atoms with Crippen LogP contribution in [-0.4, -0.2) is 28.5 Å². The van der Waals surface area contributed by atoms with E-state index in [1.807, 2.05) is 0 Å². The second kappa shape index (κ2) is 3.51. The molecular formula is C7H10BrN3OS. The minimum Gasteiger partial charge on any atom is -0.396 e. The van der Waals surface area contributed by atoms with Gasteiger partial charge in [0.15, 0.2) is 3.92 Å². The van der Waals surface area contributed by atoms with Crippen LogP contribution >= 0.6 is 27.3 Å². The topological polar surface area (TPSA) is 58.0 Å². The van der Waals surface area contributed by atoms with Crippen LogP contribution in [0, 0.1) is 5.41 Å². The number of hydrogen-bond donors (Lipinski definition) is 2. The average Bonchev–Trinajstić information content (AvgIpc) is 2.81. The van der Waals surface area contributed by atoms with Gasteiger partial charge >= 0.3 is 0 Å². The SMILES string of the molecule is OCC1(CNc2nnc(Br)s2)CC1. The van der Waals surface area contributed by atoms with Crippen LogP contribution in [-0.2, 0) is 0 Å². The van der Waals surface area contributed by atoms with Crippen LogP contribution in [0.4, 0.5) is 5.13 Å². The molecule has 4 nitrogen and oxygen atoms in total. The zero-order valence-corrected chi connectivity index (χ0v) is 9.36. The van der Waals surface area contributed by atoms with Gasteiger partial charge in [0.2, 0.25) is 5.13 Å². The maximum Gasteiger partial charge on any atom is 0.206 e. The predicted octanol–water partition coefficient (Wildman–Crippen LogP) is 1.48. The second-order valence-corrected chi connectivity index (χ2v) is 5.63. The molecule has 0 radical (unpaired) electrons. The molecular weight excluding hydrogens is 254 g/mol. The van der Waals surface area contributed by atoms with Gasteiger partial charge in [0.05, 0.1) is 6.61 Å². The van der Waals surface area contributed by atoms with Gasteiger partial charge < -0.3 is 10.4 Å². The summed E-state index contributed by atoms with van der Waals surface area (Å²) in [4.78, 5) is 0. The molecule has 1 saturated carbocycles. The minimum absolute atomic E-state index is 0.123. The largest absolute Gasteiger partial charge is 0.396 e. The number of aromatic nitrogens is 2. The molecule has 1 aliphatic rings. The van der Waals surface area contributed by atoms with E-state index in [9.17, 15) is 0 Å². The number of hydrogen-bond acceptors (Lipinski definition) is 5. The van der Waals surface area contributed by atoms with Gasteiger partial charge in [-0.3, -0.25) is 0 Å². The normalized spacial score (nSPS) is 18.6. The molecule has 2 N–H and O–H groups in total. The Kier molecular flexibility index (Phi) is 2.53. The molecule has 0 unspecified atom stereocenters. The fraction of sp³-hybridized carbons (Fsp3) is 0.714. The summed E-state index contributed by atoms with van der Waals surface area (Å²) in [5.74, 6) is 0. The summed E-state index contributed by atoms with van der Waals surface area (Å²) in [7, 11) is 0. The maximum absolute atomic E-state index is 9.06. The van der Waals surface area contributed by atoms with E-state index in [0.29, 0.717) is 0 Å².